The maximum atomic E-state index is 12.8. The van der Waals surface area contributed by atoms with E-state index < -0.39 is 0 Å². The quantitative estimate of drug-likeness (QED) is 0.813. The predicted octanol–water partition coefficient (Wildman–Crippen LogP) is 2.31. The molecule has 26 heavy (non-hydrogen) atoms. The summed E-state index contributed by atoms with van der Waals surface area (Å²) in [7, 11) is 1.84. The minimum absolute atomic E-state index is 0.0382. The van der Waals surface area contributed by atoms with E-state index in [2.05, 4.69) is 29.6 Å². The summed E-state index contributed by atoms with van der Waals surface area (Å²) in [4.78, 5) is 28.5. The summed E-state index contributed by atoms with van der Waals surface area (Å²) < 4.78 is 0. The standard InChI is InChI=1S/C21H33N3O2/c1-16(2)22-20(25)15-23(4)17(3)21(26)24-12-10-19(11-13-24)14-18-8-6-5-7-9-18/h5-9,16-17,19H,10-15H2,1-4H3,(H,22,25). The average Bonchev–Trinajstić information content (AvgIpc) is 2.61. The number of hydrogen-bond acceptors (Lipinski definition) is 3. The van der Waals surface area contributed by atoms with Crippen molar-refractivity contribution in [3.63, 3.8) is 0 Å². The van der Waals surface area contributed by atoms with Gasteiger partial charge in [0.2, 0.25) is 11.8 Å². The molecule has 5 nitrogen and oxygen atoms in total. The second-order valence-corrected chi connectivity index (χ2v) is 7.77. The predicted molar refractivity (Wildman–Crippen MR) is 105 cm³/mol. The summed E-state index contributed by atoms with van der Waals surface area (Å²) in [5.74, 6) is 0.734. The number of rotatable bonds is 7. The first kappa shape index (κ1) is 20.4. The lowest BCUT2D eigenvalue weighted by Crippen LogP contribution is -2.51. The van der Waals surface area contributed by atoms with E-state index in [0.29, 0.717) is 5.92 Å². The largest absolute Gasteiger partial charge is 0.353 e. The van der Waals surface area contributed by atoms with Crippen LogP contribution in [0, 0.1) is 5.92 Å². The molecule has 1 N–H and O–H groups in total. The van der Waals surface area contributed by atoms with Crippen LogP contribution in [0.5, 0.6) is 0 Å². The van der Waals surface area contributed by atoms with Crippen molar-refractivity contribution in [2.75, 3.05) is 26.7 Å². The SMILES string of the molecule is CC(C)NC(=O)CN(C)C(C)C(=O)N1CCC(Cc2ccccc2)CC1. The Kier molecular flexibility index (Phi) is 7.64. The zero-order valence-electron chi connectivity index (χ0n) is 16.6. The van der Waals surface area contributed by atoms with Gasteiger partial charge < -0.3 is 10.2 Å². The Morgan fingerprint density at radius 1 is 1.15 bits per heavy atom. The number of carbonyl (C=O) groups excluding carboxylic acids is 2. The van der Waals surface area contributed by atoms with Crippen LogP contribution in [0.2, 0.25) is 0 Å². The third-order valence-electron chi connectivity index (χ3n) is 5.15. The Morgan fingerprint density at radius 3 is 2.35 bits per heavy atom. The Morgan fingerprint density at radius 2 is 1.77 bits per heavy atom. The summed E-state index contributed by atoms with van der Waals surface area (Å²) in [6.07, 6.45) is 3.18. The molecule has 1 unspecified atom stereocenters. The molecule has 1 aliphatic heterocycles. The van der Waals surface area contributed by atoms with Gasteiger partial charge in [-0.3, -0.25) is 14.5 Å². The third kappa shape index (κ3) is 6.13. The van der Waals surface area contributed by atoms with Gasteiger partial charge in [0.15, 0.2) is 0 Å². The zero-order chi connectivity index (χ0) is 19.1. The molecule has 2 rings (SSSR count). The van der Waals surface area contributed by atoms with Crippen LogP contribution >= 0.6 is 0 Å². The van der Waals surface area contributed by atoms with Gasteiger partial charge in [0, 0.05) is 19.1 Å². The molecule has 144 valence electrons. The zero-order valence-corrected chi connectivity index (χ0v) is 16.6. The van der Waals surface area contributed by atoms with Gasteiger partial charge in [0.05, 0.1) is 12.6 Å². The summed E-state index contributed by atoms with van der Waals surface area (Å²) in [5.41, 5.74) is 1.38. The number of hydrogen-bond donors (Lipinski definition) is 1. The van der Waals surface area contributed by atoms with Gasteiger partial charge in [-0.1, -0.05) is 30.3 Å². The first-order chi connectivity index (χ1) is 12.4. The number of carbonyl (C=O) groups is 2. The normalized spacial score (nSPS) is 16.8. The van der Waals surface area contributed by atoms with Gasteiger partial charge >= 0.3 is 0 Å². The van der Waals surface area contributed by atoms with E-state index in [1.165, 1.54) is 5.56 Å². The smallest absolute Gasteiger partial charge is 0.239 e. The van der Waals surface area contributed by atoms with Gasteiger partial charge in [0.25, 0.3) is 0 Å². The van der Waals surface area contributed by atoms with E-state index in [4.69, 9.17) is 0 Å². The molecule has 1 saturated heterocycles. The fraction of sp³-hybridized carbons (Fsp3) is 0.619. The lowest BCUT2D eigenvalue weighted by Gasteiger charge is -2.35. The summed E-state index contributed by atoms with van der Waals surface area (Å²) in [6, 6.07) is 10.4. The molecule has 0 aliphatic carbocycles. The minimum atomic E-state index is -0.279. The van der Waals surface area contributed by atoms with Crippen molar-refractivity contribution in [2.45, 2.75) is 52.1 Å². The highest BCUT2D eigenvalue weighted by Gasteiger charge is 2.28. The summed E-state index contributed by atoms with van der Waals surface area (Å²) in [5, 5.41) is 2.87. The van der Waals surface area contributed by atoms with Crippen molar-refractivity contribution in [1.82, 2.24) is 15.1 Å². The molecule has 0 spiro atoms. The molecule has 1 aromatic carbocycles. The Balaban J connectivity index is 1.78. The van der Waals surface area contributed by atoms with Crippen molar-refractivity contribution >= 4 is 11.8 Å². The second-order valence-electron chi connectivity index (χ2n) is 7.77. The number of likely N-dealkylation sites (tertiary alicyclic amines) is 1. The molecule has 0 bridgehead atoms. The van der Waals surface area contributed by atoms with Crippen molar-refractivity contribution in [3.05, 3.63) is 35.9 Å². The van der Waals surface area contributed by atoms with E-state index >= 15 is 0 Å². The van der Waals surface area contributed by atoms with Crippen LogP contribution in [0.15, 0.2) is 30.3 Å². The van der Waals surface area contributed by atoms with E-state index in [1.807, 2.05) is 43.7 Å². The fourth-order valence-electron chi connectivity index (χ4n) is 3.49. The van der Waals surface area contributed by atoms with Crippen molar-refractivity contribution in [1.29, 1.82) is 0 Å². The van der Waals surface area contributed by atoms with Gasteiger partial charge in [-0.2, -0.15) is 0 Å². The van der Waals surface area contributed by atoms with Crippen LogP contribution in [0.4, 0.5) is 0 Å². The average molecular weight is 360 g/mol. The van der Waals surface area contributed by atoms with Crippen LogP contribution < -0.4 is 5.32 Å². The van der Waals surface area contributed by atoms with Gasteiger partial charge in [-0.25, -0.2) is 0 Å². The minimum Gasteiger partial charge on any atom is -0.353 e. The van der Waals surface area contributed by atoms with Crippen LogP contribution in [-0.2, 0) is 16.0 Å². The highest BCUT2D eigenvalue weighted by atomic mass is 16.2. The molecular formula is C21H33N3O2. The topological polar surface area (TPSA) is 52.7 Å². The lowest BCUT2D eigenvalue weighted by molar-refractivity contribution is -0.138. The van der Waals surface area contributed by atoms with Gasteiger partial charge in [-0.05, 0) is 58.6 Å². The Labute approximate surface area is 157 Å². The molecule has 5 heteroatoms. The first-order valence-corrected chi connectivity index (χ1v) is 9.69. The van der Waals surface area contributed by atoms with Crippen molar-refractivity contribution in [2.24, 2.45) is 5.92 Å². The Hall–Kier alpha value is -1.88. The van der Waals surface area contributed by atoms with Crippen LogP contribution in [0.1, 0.15) is 39.2 Å². The van der Waals surface area contributed by atoms with E-state index in [-0.39, 0.29) is 30.4 Å². The monoisotopic (exact) mass is 359 g/mol. The van der Waals surface area contributed by atoms with Gasteiger partial charge in [0.1, 0.15) is 0 Å². The number of nitrogens with one attached hydrogen (secondary N) is 1. The maximum absolute atomic E-state index is 12.8. The van der Waals surface area contributed by atoms with Crippen LogP contribution in [0.25, 0.3) is 0 Å². The highest BCUT2D eigenvalue weighted by molar-refractivity contribution is 5.83. The molecule has 1 atom stereocenters. The molecule has 0 saturated carbocycles. The maximum Gasteiger partial charge on any atom is 0.239 e. The van der Waals surface area contributed by atoms with Gasteiger partial charge in [-0.15, -0.1) is 0 Å². The van der Waals surface area contributed by atoms with E-state index in [1.54, 1.807) is 0 Å². The molecule has 2 amide bonds. The molecule has 0 radical (unpaired) electrons. The van der Waals surface area contributed by atoms with Crippen LogP contribution in [-0.4, -0.2) is 60.4 Å². The lowest BCUT2D eigenvalue weighted by atomic mass is 9.90. The van der Waals surface area contributed by atoms with E-state index in [9.17, 15) is 9.59 Å². The number of amides is 2. The van der Waals surface area contributed by atoms with Crippen molar-refractivity contribution in [3.8, 4) is 0 Å². The number of benzene rings is 1. The second kappa shape index (κ2) is 9.72. The van der Waals surface area contributed by atoms with Crippen LogP contribution in [0.3, 0.4) is 0 Å². The molecular weight excluding hydrogens is 326 g/mol. The van der Waals surface area contributed by atoms with E-state index in [0.717, 1.165) is 32.4 Å². The van der Waals surface area contributed by atoms with Crippen molar-refractivity contribution < 1.29 is 9.59 Å². The first-order valence-electron chi connectivity index (χ1n) is 9.69. The highest BCUT2D eigenvalue weighted by Crippen LogP contribution is 2.22. The molecule has 0 aromatic heterocycles. The number of likely N-dealkylation sites (N-methyl/N-ethyl adjacent to an activating group) is 1. The number of nitrogens with zero attached hydrogens (tertiary/aromatic N) is 2. The number of piperidine rings is 1. The molecule has 1 heterocycles. The molecule has 1 aromatic rings. The summed E-state index contributed by atoms with van der Waals surface area (Å²) >= 11 is 0. The fourth-order valence-corrected chi connectivity index (χ4v) is 3.49. The Bertz CT molecular complexity index is 580. The third-order valence-corrected chi connectivity index (χ3v) is 5.15. The summed E-state index contributed by atoms with van der Waals surface area (Å²) in [6.45, 7) is 7.63. The molecule has 1 fully saturated rings. The molecule has 1 aliphatic rings.